The maximum Gasteiger partial charge on any atom is 0.258 e. The third-order valence-corrected chi connectivity index (χ3v) is 2.14. The Morgan fingerprint density at radius 1 is 1.60 bits per heavy atom. The van der Waals surface area contributed by atoms with Gasteiger partial charge in [0.1, 0.15) is 18.3 Å². The van der Waals surface area contributed by atoms with Crippen molar-refractivity contribution in [2.24, 2.45) is 10.8 Å². The molecule has 0 spiro atoms. The van der Waals surface area contributed by atoms with Crippen LogP contribution < -0.4 is 5.73 Å². The summed E-state index contributed by atoms with van der Waals surface area (Å²) in [5, 5.41) is 30.8. The molecule has 0 aromatic carbocycles. The number of nitrogens with two attached hydrogens (primary N) is 1. The van der Waals surface area contributed by atoms with Crippen LogP contribution in [0.15, 0.2) is 5.11 Å². The van der Waals surface area contributed by atoms with Crippen molar-refractivity contribution < 1.29 is 24.9 Å². The number of carbonyl (C=O) groups excluding carboxylic acids is 1. The Bertz CT molecular complexity index is 313. The van der Waals surface area contributed by atoms with Crippen LogP contribution in [-0.2, 0) is 9.53 Å². The molecule has 9 heteroatoms. The number of rotatable bonds is 2. The maximum atomic E-state index is 11.0. The number of ether oxygens (including phenoxy) is 1. The fourth-order valence-corrected chi connectivity index (χ4v) is 1.26. The molecule has 0 bridgehead atoms. The number of hydrogen-bond donors (Lipinski definition) is 4. The highest BCUT2D eigenvalue weighted by Gasteiger charge is 2.53. The van der Waals surface area contributed by atoms with Crippen LogP contribution in [0.5, 0.6) is 0 Å². The van der Waals surface area contributed by atoms with Crippen molar-refractivity contribution in [1.29, 1.82) is 0 Å². The van der Waals surface area contributed by atoms with Crippen LogP contribution >= 0.6 is 0 Å². The lowest BCUT2D eigenvalue weighted by atomic mass is 9.94. The normalized spacial score (nSPS) is 40.6. The van der Waals surface area contributed by atoms with Gasteiger partial charge in [-0.25, -0.2) is 0 Å². The number of primary amides is 1. The van der Waals surface area contributed by atoms with Crippen molar-refractivity contribution in [3.63, 3.8) is 0 Å². The molecule has 0 unspecified atom stereocenters. The van der Waals surface area contributed by atoms with Gasteiger partial charge in [0.15, 0.2) is 0 Å². The lowest BCUT2D eigenvalue weighted by Crippen LogP contribution is -2.65. The molecule has 0 saturated carbocycles. The standard InChI is InChI=1S/C6H10N4O5/c7-5(14)6(9-10-8)4(13)3(12)2(11)1-15-6/h2-4,11-13H,1H2,(H2,7,14)/t2-,3-,4+,6-/m1/s1. The predicted molar refractivity (Wildman–Crippen MR) is 45.0 cm³/mol. The highest BCUT2D eigenvalue weighted by molar-refractivity contribution is 5.84. The highest BCUT2D eigenvalue weighted by Crippen LogP contribution is 2.27. The zero-order valence-electron chi connectivity index (χ0n) is 7.52. The monoisotopic (exact) mass is 218 g/mol. The van der Waals surface area contributed by atoms with Crippen LogP contribution in [0.3, 0.4) is 0 Å². The summed E-state index contributed by atoms with van der Waals surface area (Å²) >= 11 is 0. The predicted octanol–water partition coefficient (Wildman–Crippen LogP) is -2.41. The summed E-state index contributed by atoms with van der Waals surface area (Å²) in [7, 11) is 0. The van der Waals surface area contributed by atoms with E-state index in [4.69, 9.17) is 21.1 Å². The summed E-state index contributed by atoms with van der Waals surface area (Å²) < 4.78 is 4.71. The molecule has 1 aliphatic heterocycles. The Hall–Kier alpha value is -1.38. The number of azide groups is 1. The number of amides is 1. The summed E-state index contributed by atoms with van der Waals surface area (Å²) in [4.78, 5) is 13.3. The van der Waals surface area contributed by atoms with Gasteiger partial charge in [-0.15, -0.1) is 0 Å². The molecule has 1 aliphatic rings. The highest BCUT2D eigenvalue weighted by atomic mass is 16.6. The summed E-state index contributed by atoms with van der Waals surface area (Å²) in [6.07, 6.45) is -4.95. The van der Waals surface area contributed by atoms with Gasteiger partial charge in [0.25, 0.3) is 11.6 Å². The number of hydrogen-bond acceptors (Lipinski definition) is 6. The molecule has 84 valence electrons. The summed E-state index contributed by atoms with van der Waals surface area (Å²) in [5.74, 6) is -1.24. The van der Waals surface area contributed by atoms with Crippen LogP contribution in [0.25, 0.3) is 10.4 Å². The maximum absolute atomic E-state index is 11.0. The second-order valence-electron chi connectivity index (χ2n) is 3.06. The molecule has 1 amide bonds. The fourth-order valence-electron chi connectivity index (χ4n) is 1.26. The third kappa shape index (κ3) is 1.74. The summed E-state index contributed by atoms with van der Waals surface area (Å²) in [5.41, 5.74) is 10.8. The van der Waals surface area contributed by atoms with E-state index in [2.05, 4.69) is 10.0 Å². The lowest BCUT2D eigenvalue weighted by molar-refractivity contribution is -0.228. The molecule has 0 radical (unpaired) electrons. The Balaban J connectivity index is 3.09. The molecule has 1 heterocycles. The zero-order chi connectivity index (χ0) is 11.6. The van der Waals surface area contributed by atoms with Gasteiger partial charge in [-0.2, -0.15) is 0 Å². The average Bonchev–Trinajstić information content (AvgIpc) is 2.19. The van der Waals surface area contributed by atoms with E-state index in [1.807, 2.05) is 0 Å². The molecule has 1 fully saturated rings. The Morgan fingerprint density at radius 2 is 2.20 bits per heavy atom. The first-order valence-corrected chi connectivity index (χ1v) is 4.00. The van der Waals surface area contributed by atoms with E-state index < -0.39 is 36.6 Å². The molecule has 4 atom stereocenters. The summed E-state index contributed by atoms with van der Waals surface area (Å²) in [6.45, 7) is -0.472. The van der Waals surface area contributed by atoms with Gasteiger partial charge in [0.05, 0.1) is 6.61 Å². The quantitative estimate of drug-likeness (QED) is 0.230. The van der Waals surface area contributed by atoms with Gasteiger partial charge in [-0.1, -0.05) is 0 Å². The largest absolute Gasteiger partial charge is 0.388 e. The molecular formula is C6H10N4O5. The number of aliphatic hydroxyl groups excluding tert-OH is 3. The lowest BCUT2D eigenvalue weighted by Gasteiger charge is -2.39. The Labute approximate surface area is 83.7 Å². The first-order valence-electron chi connectivity index (χ1n) is 4.00. The second kappa shape index (κ2) is 4.01. The first-order chi connectivity index (χ1) is 6.95. The van der Waals surface area contributed by atoms with E-state index >= 15 is 0 Å². The first kappa shape index (κ1) is 11.7. The molecule has 9 nitrogen and oxygen atoms in total. The molecule has 5 N–H and O–H groups in total. The minimum absolute atomic E-state index is 0.472. The third-order valence-electron chi connectivity index (χ3n) is 2.14. The molecule has 0 aliphatic carbocycles. The number of nitrogens with zero attached hydrogens (tertiary/aromatic N) is 3. The molecule has 1 rings (SSSR count). The van der Waals surface area contributed by atoms with Gasteiger partial charge in [0, 0.05) is 4.91 Å². The minimum Gasteiger partial charge on any atom is -0.388 e. The van der Waals surface area contributed by atoms with Crippen LogP contribution in [0.1, 0.15) is 0 Å². The number of aliphatic hydroxyl groups is 3. The molecule has 0 aromatic heterocycles. The molecular weight excluding hydrogens is 208 g/mol. The van der Waals surface area contributed by atoms with Crippen molar-refractivity contribution in [3.05, 3.63) is 10.4 Å². The van der Waals surface area contributed by atoms with E-state index in [1.165, 1.54) is 0 Å². The SMILES string of the molecule is [N-]=[N+]=N[C@@]1(C(N)=O)OC[C@@H](O)[C@@H](O)[C@@H]1O. The molecule has 0 aromatic rings. The van der Waals surface area contributed by atoms with Gasteiger partial charge >= 0.3 is 0 Å². The van der Waals surface area contributed by atoms with E-state index in [9.17, 15) is 15.0 Å². The average molecular weight is 218 g/mol. The van der Waals surface area contributed by atoms with Crippen LogP contribution in [-0.4, -0.2) is 51.9 Å². The van der Waals surface area contributed by atoms with E-state index in [0.29, 0.717) is 0 Å². The van der Waals surface area contributed by atoms with Crippen LogP contribution in [0, 0.1) is 0 Å². The van der Waals surface area contributed by atoms with Crippen molar-refractivity contribution in [1.82, 2.24) is 0 Å². The zero-order valence-corrected chi connectivity index (χ0v) is 7.52. The van der Waals surface area contributed by atoms with Crippen molar-refractivity contribution in [3.8, 4) is 0 Å². The van der Waals surface area contributed by atoms with Crippen molar-refractivity contribution >= 4 is 5.91 Å². The van der Waals surface area contributed by atoms with E-state index in [0.717, 1.165) is 0 Å². The smallest absolute Gasteiger partial charge is 0.258 e. The van der Waals surface area contributed by atoms with Crippen LogP contribution in [0.2, 0.25) is 0 Å². The Kier molecular flexibility index (Phi) is 3.12. The molecule has 1 saturated heterocycles. The molecule has 15 heavy (non-hydrogen) atoms. The van der Waals surface area contributed by atoms with Gasteiger partial charge in [-0.3, -0.25) is 4.79 Å². The van der Waals surface area contributed by atoms with Crippen LogP contribution in [0.4, 0.5) is 0 Å². The summed E-state index contributed by atoms with van der Waals surface area (Å²) in [6, 6.07) is 0. The Morgan fingerprint density at radius 3 is 2.67 bits per heavy atom. The van der Waals surface area contributed by atoms with Gasteiger partial charge in [-0.05, 0) is 10.6 Å². The van der Waals surface area contributed by atoms with Crippen molar-refractivity contribution in [2.75, 3.05) is 6.61 Å². The topological polar surface area (TPSA) is 162 Å². The van der Waals surface area contributed by atoms with E-state index in [-0.39, 0.29) is 0 Å². The number of carbonyl (C=O) groups is 1. The van der Waals surface area contributed by atoms with Gasteiger partial charge < -0.3 is 25.8 Å². The fraction of sp³-hybridized carbons (Fsp3) is 0.833. The van der Waals surface area contributed by atoms with E-state index in [1.54, 1.807) is 0 Å². The second-order valence-corrected chi connectivity index (χ2v) is 3.06. The van der Waals surface area contributed by atoms with Crippen molar-refractivity contribution in [2.45, 2.75) is 24.0 Å². The minimum atomic E-state index is -2.37. The van der Waals surface area contributed by atoms with Gasteiger partial charge in [0.2, 0.25) is 0 Å².